The van der Waals surface area contributed by atoms with Crippen LogP contribution in [0.25, 0.3) is 10.9 Å². The van der Waals surface area contributed by atoms with E-state index in [0.29, 0.717) is 15.7 Å². The van der Waals surface area contributed by atoms with Crippen LogP contribution in [-0.2, 0) is 0 Å². The molecule has 12 heavy (non-hydrogen) atoms. The second kappa shape index (κ2) is 2.57. The van der Waals surface area contributed by atoms with E-state index >= 15 is 0 Å². The lowest BCUT2D eigenvalue weighted by molar-refractivity contribution is 1.48. The number of benzene rings is 1. The minimum atomic E-state index is 0.528. The number of fused-ring (bicyclic) bond motifs is 1. The Kier molecular flexibility index (Phi) is 1.67. The van der Waals surface area contributed by atoms with Gasteiger partial charge in [-0.15, -0.1) is 0 Å². The van der Waals surface area contributed by atoms with Crippen molar-refractivity contribution in [3.05, 3.63) is 28.4 Å². The number of aromatic nitrogens is 1. The summed E-state index contributed by atoms with van der Waals surface area (Å²) in [6.45, 7) is 0. The summed E-state index contributed by atoms with van der Waals surface area (Å²) in [6.07, 6.45) is 1.69. The van der Waals surface area contributed by atoms with Gasteiger partial charge >= 0.3 is 0 Å². The van der Waals surface area contributed by atoms with Gasteiger partial charge in [0.2, 0.25) is 0 Å². The number of aromatic amines is 1. The van der Waals surface area contributed by atoms with Crippen LogP contribution in [0.2, 0.25) is 10.0 Å². The molecule has 1 heterocycles. The van der Waals surface area contributed by atoms with Crippen LogP contribution in [0.5, 0.6) is 0 Å². The Labute approximate surface area is 79.3 Å². The minimum absolute atomic E-state index is 0.528. The first-order valence-corrected chi connectivity index (χ1v) is 4.16. The number of hydrogen-bond acceptors (Lipinski definition) is 1. The average Bonchev–Trinajstić information content (AvgIpc) is 2.41. The van der Waals surface area contributed by atoms with Crippen molar-refractivity contribution in [2.75, 3.05) is 5.73 Å². The van der Waals surface area contributed by atoms with Crippen LogP contribution in [-0.4, -0.2) is 4.98 Å². The highest BCUT2D eigenvalue weighted by atomic mass is 35.5. The van der Waals surface area contributed by atoms with Crippen molar-refractivity contribution >= 4 is 39.8 Å². The molecule has 0 amide bonds. The molecule has 0 saturated carbocycles. The van der Waals surface area contributed by atoms with Gasteiger partial charge in [0, 0.05) is 17.1 Å². The van der Waals surface area contributed by atoms with Gasteiger partial charge in [-0.2, -0.15) is 0 Å². The molecule has 0 aliphatic heterocycles. The van der Waals surface area contributed by atoms with E-state index < -0.39 is 0 Å². The highest BCUT2D eigenvalue weighted by Gasteiger charge is 2.07. The second-order valence-electron chi connectivity index (χ2n) is 2.52. The molecule has 0 saturated heterocycles. The molecule has 2 rings (SSSR count). The van der Waals surface area contributed by atoms with Crippen molar-refractivity contribution in [1.29, 1.82) is 0 Å². The molecule has 2 nitrogen and oxygen atoms in total. The topological polar surface area (TPSA) is 41.8 Å². The maximum absolute atomic E-state index is 5.88. The van der Waals surface area contributed by atoms with Crippen LogP contribution in [0.15, 0.2) is 18.3 Å². The summed E-state index contributed by atoms with van der Waals surface area (Å²) in [4.78, 5) is 2.99. The van der Waals surface area contributed by atoms with Crippen LogP contribution in [0, 0.1) is 0 Å². The fraction of sp³-hybridized carbons (Fsp3) is 0. The molecule has 1 aromatic carbocycles. The molecule has 0 fully saturated rings. The van der Waals surface area contributed by atoms with E-state index in [1.54, 1.807) is 12.3 Å². The van der Waals surface area contributed by atoms with Gasteiger partial charge < -0.3 is 10.7 Å². The largest absolute Gasteiger partial charge is 0.397 e. The van der Waals surface area contributed by atoms with E-state index in [1.807, 2.05) is 6.07 Å². The van der Waals surface area contributed by atoms with Gasteiger partial charge in [-0.1, -0.05) is 23.2 Å². The SMILES string of the molecule is Nc1c(Cl)ccc2[nH]cc(Cl)c12. The molecule has 0 aliphatic rings. The maximum Gasteiger partial charge on any atom is 0.0680 e. The van der Waals surface area contributed by atoms with Gasteiger partial charge in [0.15, 0.2) is 0 Å². The molecule has 2 aromatic rings. The molecule has 0 spiro atoms. The van der Waals surface area contributed by atoms with E-state index in [9.17, 15) is 0 Å². The smallest absolute Gasteiger partial charge is 0.0680 e. The van der Waals surface area contributed by atoms with Gasteiger partial charge in [0.05, 0.1) is 15.7 Å². The number of anilines is 1. The van der Waals surface area contributed by atoms with E-state index in [0.717, 1.165) is 10.9 Å². The van der Waals surface area contributed by atoms with Crippen LogP contribution in [0.1, 0.15) is 0 Å². The Bertz CT molecular complexity index is 434. The lowest BCUT2D eigenvalue weighted by Gasteiger charge is -1.98. The lowest BCUT2D eigenvalue weighted by Crippen LogP contribution is -1.86. The maximum atomic E-state index is 5.88. The van der Waals surface area contributed by atoms with Crippen molar-refractivity contribution in [2.24, 2.45) is 0 Å². The monoisotopic (exact) mass is 200 g/mol. The van der Waals surface area contributed by atoms with Gasteiger partial charge in [0.1, 0.15) is 0 Å². The van der Waals surface area contributed by atoms with Crippen molar-refractivity contribution in [1.82, 2.24) is 4.98 Å². The van der Waals surface area contributed by atoms with Gasteiger partial charge in [0.25, 0.3) is 0 Å². The van der Waals surface area contributed by atoms with Gasteiger partial charge in [-0.05, 0) is 12.1 Å². The number of halogens is 2. The summed E-state index contributed by atoms with van der Waals surface area (Å²) >= 11 is 11.7. The number of nitrogens with two attached hydrogens (primary N) is 1. The van der Waals surface area contributed by atoms with Gasteiger partial charge in [-0.25, -0.2) is 0 Å². The molecule has 0 bridgehead atoms. The highest BCUT2D eigenvalue weighted by molar-refractivity contribution is 6.39. The summed E-state index contributed by atoms with van der Waals surface area (Å²) in [7, 11) is 0. The number of nitrogen functional groups attached to an aromatic ring is 1. The normalized spacial score (nSPS) is 10.8. The first-order valence-electron chi connectivity index (χ1n) is 3.40. The van der Waals surface area contributed by atoms with Gasteiger partial charge in [-0.3, -0.25) is 0 Å². The zero-order valence-corrected chi connectivity index (χ0v) is 7.58. The fourth-order valence-corrected chi connectivity index (χ4v) is 1.60. The van der Waals surface area contributed by atoms with Crippen LogP contribution < -0.4 is 5.73 Å². The van der Waals surface area contributed by atoms with E-state index in [1.165, 1.54) is 0 Å². The molecule has 0 unspecified atom stereocenters. The molecular formula is C8H6Cl2N2. The van der Waals surface area contributed by atoms with Crippen molar-refractivity contribution in [3.8, 4) is 0 Å². The lowest BCUT2D eigenvalue weighted by atomic mass is 10.2. The quantitative estimate of drug-likeness (QED) is 0.632. The molecule has 62 valence electrons. The molecule has 1 aromatic heterocycles. The predicted molar refractivity (Wildman–Crippen MR) is 52.7 cm³/mol. The first kappa shape index (κ1) is 7.77. The average molecular weight is 201 g/mol. The molecular weight excluding hydrogens is 195 g/mol. The minimum Gasteiger partial charge on any atom is -0.397 e. The van der Waals surface area contributed by atoms with Crippen LogP contribution >= 0.6 is 23.2 Å². The summed E-state index contributed by atoms with van der Waals surface area (Å²) in [5.41, 5.74) is 7.16. The van der Waals surface area contributed by atoms with Crippen molar-refractivity contribution in [3.63, 3.8) is 0 Å². The summed E-state index contributed by atoms with van der Waals surface area (Å²) < 4.78 is 0. The molecule has 3 N–H and O–H groups in total. The summed E-state index contributed by atoms with van der Waals surface area (Å²) in [6, 6.07) is 3.59. The number of H-pyrrole nitrogens is 1. The Morgan fingerprint density at radius 1 is 1.17 bits per heavy atom. The first-order chi connectivity index (χ1) is 5.70. The number of hydrogen-bond donors (Lipinski definition) is 2. The summed E-state index contributed by atoms with van der Waals surface area (Å²) in [5, 5.41) is 1.93. The third-order valence-corrected chi connectivity index (χ3v) is 2.41. The van der Waals surface area contributed by atoms with Crippen molar-refractivity contribution < 1.29 is 0 Å². The Morgan fingerprint density at radius 3 is 2.67 bits per heavy atom. The zero-order valence-electron chi connectivity index (χ0n) is 6.07. The molecule has 0 aliphatic carbocycles. The standard InChI is InChI=1S/C8H6Cl2N2/c9-4-1-2-6-7(8(4)11)5(10)3-12-6/h1-3,12H,11H2. The zero-order chi connectivity index (χ0) is 8.72. The van der Waals surface area contributed by atoms with E-state index in [2.05, 4.69) is 4.98 Å². The Morgan fingerprint density at radius 2 is 1.92 bits per heavy atom. The van der Waals surface area contributed by atoms with E-state index in [4.69, 9.17) is 28.9 Å². The van der Waals surface area contributed by atoms with E-state index in [-0.39, 0.29) is 0 Å². The predicted octanol–water partition coefficient (Wildman–Crippen LogP) is 3.06. The molecule has 0 radical (unpaired) electrons. The number of nitrogens with one attached hydrogen (secondary N) is 1. The van der Waals surface area contributed by atoms with Crippen LogP contribution in [0.3, 0.4) is 0 Å². The third-order valence-electron chi connectivity index (χ3n) is 1.79. The van der Waals surface area contributed by atoms with Crippen LogP contribution in [0.4, 0.5) is 5.69 Å². The fourth-order valence-electron chi connectivity index (χ4n) is 1.18. The second-order valence-corrected chi connectivity index (χ2v) is 3.33. The Balaban J connectivity index is 2.96. The van der Waals surface area contributed by atoms with Crippen molar-refractivity contribution in [2.45, 2.75) is 0 Å². The summed E-state index contributed by atoms with van der Waals surface area (Å²) in [5.74, 6) is 0. The highest BCUT2D eigenvalue weighted by Crippen LogP contribution is 2.33. The molecule has 0 atom stereocenters. The molecule has 4 heteroatoms. The number of rotatable bonds is 0. The Hall–Kier alpha value is -0.860. The third kappa shape index (κ3) is 0.958.